The SMILES string of the molecule is Cc1cc(C(=O)N[C@H](C)COc2ccccc2C)ccc1NS(C)(=O)=O. The Morgan fingerprint density at radius 2 is 1.81 bits per heavy atom. The van der Waals surface area contributed by atoms with Crippen molar-refractivity contribution in [1.29, 1.82) is 0 Å². The van der Waals surface area contributed by atoms with Crippen molar-refractivity contribution < 1.29 is 17.9 Å². The average Bonchev–Trinajstić information content (AvgIpc) is 2.54. The number of anilines is 1. The molecular formula is C19H24N2O4S. The number of sulfonamides is 1. The van der Waals surface area contributed by atoms with Crippen molar-refractivity contribution in [1.82, 2.24) is 5.32 Å². The van der Waals surface area contributed by atoms with Crippen LogP contribution in [0.5, 0.6) is 5.75 Å². The number of carbonyl (C=O) groups excluding carboxylic acids is 1. The summed E-state index contributed by atoms with van der Waals surface area (Å²) >= 11 is 0. The highest BCUT2D eigenvalue weighted by molar-refractivity contribution is 7.92. The molecule has 0 aliphatic rings. The molecule has 2 rings (SSSR count). The zero-order chi connectivity index (χ0) is 19.3. The molecule has 0 saturated carbocycles. The van der Waals surface area contributed by atoms with Crippen LogP contribution in [-0.4, -0.2) is 33.2 Å². The molecule has 1 atom stereocenters. The lowest BCUT2D eigenvalue weighted by atomic mass is 10.1. The third-order valence-electron chi connectivity index (χ3n) is 3.74. The standard InChI is InChI=1S/C19H24N2O4S/c1-13-7-5-6-8-18(13)25-12-15(3)20-19(22)16-9-10-17(14(2)11-16)21-26(4,23)24/h5-11,15,21H,12H2,1-4H3,(H,20,22)/t15-/m1/s1. The van der Waals surface area contributed by atoms with Crippen molar-refractivity contribution in [3.63, 3.8) is 0 Å². The zero-order valence-corrected chi connectivity index (χ0v) is 16.2. The topological polar surface area (TPSA) is 84.5 Å². The highest BCUT2D eigenvalue weighted by atomic mass is 32.2. The van der Waals surface area contributed by atoms with Gasteiger partial charge in [-0.25, -0.2) is 8.42 Å². The Labute approximate surface area is 154 Å². The fraction of sp³-hybridized carbons (Fsp3) is 0.316. The van der Waals surface area contributed by atoms with E-state index in [4.69, 9.17) is 4.74 Å². The van der Waals surface area contributed by atoms with Crippen molar-refractivity contribution in [2.45, 2.75) is 26.8 Å². The smallest absolute Gasteiger partial charge is 0.251 e. The number of ether oxygens (including phenoxy) is 1. The van der Waals surface area contributed by atoms with Gasteiger partial charge in [0.1, 0.15) is 12.4 Å². The molecule has 6 nitrogen and oxygen atoms in total. The van der Waals surface area contributed by atoms with E-state index in [0.717, 1.165) is 17.6 Å². The van der Waals surface area contributed by atoms with E-state index < -0.39 is 10.0 Å². The van der Waals surface area contributed by atoms with Gasteiger partial charge in [-0.05, 0) is 56.2 Å². The summed E-state index contributed by atoms with van der Waals surface area (Å²) in [6.45, 7) is 5.92. The highest BCUT2D eigenvalue weighted by Gasteiger charge is 2.13. The van der Waals surface area contributed by atoms with E-state index in [2.05, 4.69) is 10.0 Å². The number of rotatable bonds is 7. The van der Waals surface area contributed by atoms with Crippen molar-refractivity contribution in [2.75, 3.05) is 17.6 Å². The fourth-order valence-electron chi connectivity index (χ4n) is 2.40. The first kappa shape index (κ1) is 19.8. The second-order valence-corrected chi connectivity index (χ2v) is 8.10. The maximum absolute atomic E-state index is 12.4. The predicted molar refractivity (Wildman–Crippen MR) is 103 cm³/mol. The van der Waals surface area contributed by atoms with Crippen LogP contribution in [0.25, 0.3) is 0 Å². The Morgan fingerprint density at radius 1 is 1.12 bits per heavy atom. The lowest BCUT2D eigenvalue weighted by Gasteiger charge is -2.16. The van der Waals surface area contributed by atoms with Crippen LogP contribution in [0, 0.1) is 13.8 Å². The lowest BCUT2D eigenvalue weighted by Crippen LogP contribution is -2.36. The zero-order valence-electron chi connectivity index (χ0n) is 15.4. The van der Waals surface area contributed by atoms with Crippen molar-refractivity contribution in [2.24, 2.45) is 0 Å². The number of nitrogens with one attached hydrogen (secondary N) is 2. The van der Waals surface area contributed by atoms with Crippen LogP contribution in [0.15, 0.2) is 42.5 Å². The Morgan fingerprint density at radius 3 is 2.42 bits per heavy atom. The van der Waals surface area contributed by atoms with Crippen LogP contribution in [-0.2, 0) is 10.0 Å². The van der Waals surface area contributed by atoms with Crippen LogP contribution in [0.3, 0.4) is 0 Å². The Balaban J connectivity index is 1.96. The Kier molecular flexibility index (Phi) is 6.26. The molecule has 0 saturated heterocycles. The minimum Gasteiger partial charge on any atom is -0.491 e. The van der Waals surface area contributed by atoms with Gasteiger partial charge < -0.3 is 10.1 Å². The Bertz CT molecular complexity index is 894. The molecule has 2 N–H and O–H groups in total. The molecular weight excluding hydrogens is 352 g/mol. The van der Waals surface area contributed by atoms with E-state index in [1.807, 2.05) is 38.1 Å². The van der Waals surface area contributed by atoms with Crippen LogP contribution in [0.2, 0.25) is 0 Å². The molecule has 0 unspecified atom stereocenters. The molecule has 140 valence electrons. The molecule has 0 radical (unpaired) electrons. The summed E-state index contributed by atoms with van der Waals surface area (Å²) in [5.41, 5.74) is 2.63. The summed E-state index contributed by atoms with van der Waals surface area (Å²) in [5.74, 6) is 0.556. The molecule has 7 heteroatoms. The second-order valence-electron chi connectivity index (χ2n) is 6.35. The quantitative estimate of drug-likeness (QED) is 0.778. The van der Waals surface area contributed by atoms with E-state index in [9.17, 15) is 13.2 Å². The maximum Gasteiger partial charge on any atom is 0.251 e. The van der Waals surface area contributed by atoms with Gasteiger partial charge >= 0.3 is 0 Å². The van der Waals surface area contributed by atoms with E-state index in [1.165, 1.54) is 0 Å². The van der Waals surface area contributed by atoms with Crippen molar-refractivity contribution >= 4 is 21.6 Å². The molecule has 0 aliphatic heterocycles. The number of hydrogen-bond acceptors (Lipinski definition) is 4. The highest BCUT2D eigenvalue weighted by Crippen LogP contribution is 2.18. The van der Waals surface area contributed by atoms with Gasteiger partial charge in [-0.1, -0.05) is 18.2 Å². The number of hydrogen-bond donors (Lipinski definition) is 2. The molecule has 2 aromatic rings. The van der Waals surface area contributed by atoms with Gasteiger partial charge in [0, 0.05) is 5.56 Å². The first-order valence-corrected chi connectivity index (χ1v) is 10.1. The summed E-state index contributed by atoms with van der Waals surface area (Å²) in [5, 5.41) is 2.88. The molecule has 2 aromatic carbocycles. The molecule has 1 amide bonds. The van der Waals surface area contributed by atoms with Crippen molar-refractivity contribution in [3.8, 4) is 5.75 Å². The third-order valence-corrected chi connectivity index (χ3v) is 4.33. The summed E-state index contributed by atoms with van der Waals surface area (Å²) in [4.78, 5) is 12.4. The van der Waals surface area contributed by atoms with Crippen LogP contribution in [0.4, 0.5) is 5.69 Å². The van der Waals surface area contributed by atoms with Gasteiger partial charge in [0.15, 0.2) is 0 Å². The van der Waals surface area contributed by atoms with Crippen LogP contribution in [0.1, 0.15) is 28.4 Å². The van der Waals surface area contributed by atoms with E-state index >= 15 is 0 Å². The molecule has 0 aromatic heterocycles. The van der Waals surface area contributed by atoms with Crippen LogP contribution >= 0.6 is 0 Å². The minimum absolute atomic E-state index is 0.184. The normalized spacial score (nSPS) is 12.3. The molecule has 0 heterocycles. The molecule has 0 bridgehead atoms. The number of amides is 1. The summed E-state index contributed by atoms with van der Waals surface area (Å²) in [6, 6.07) is 12.3. The monoisotopic (exact) mass is 376 g/mol. The lowest BCUT2D eigenvalue weighted by molar-refractivity contribution is 0.0926. The summed E-state index contributed by atoms with van der Waals surface area (Å²) in [6.07, 6.45) is 1.09. The molecule has 0 fully saturated rings. The van der Waals surface area contributed by atoms with Crippen LogP contribution < -0.4 is 14.8 Å². The van der Waals surface area contributed by atoms with Crippen molar-refractivity contribution in [3.05, 3.63) is 59.2 Å². The predicted octanol–water partition coefficient (Wildman–Crippen LogP) is 2.87. The van der Waals surface area contributed by atoms with Gasteiger partial charge in [-0.3, -0.25) is 9.52 Å². The van der Waals surface area contributed by atoms with Gasteiger partial charge in [0.25, 0.3) is 5.91 Å². The number of benzene rings is 2. The van der Waals surface area contributed by atoms with E-state index in [0.29, 0.717) is 23.4 Å². The average molecular weight is 376 g/mol. The van der Waals surface area contributed by atoms with Gasteiger partial charge in [-0.15, -0.1) is 0 Å². The molecule has 0 spiro atoms. The largest absolute Gasteiger partial charge is 0.491 e. The molecule has 0 aliphatic carbocycles. The first-order chi connectivity index (χ1) is 12.2. The number of para-hydroxylation sites is 1. The van der Waals surface area contributed by atoms with E-state index in [1.54, 1.807) is 25.1 Å². The summed E-state index contributed by atoms with van der Waals surface area (Å²) in [7, 11) is -3.36. The second kappa shape index (κ2) is 8.23. The number of carbonyl (C=O) groups is 1. The number of aryl methyl sites for hydroxylation is 2. The maximum atomic E-state index is 12.4. The van der Waals surface area contributed by atoms with Gasteiger partial charge in [0.05, 0.1) is 18.0 Å². The van der Waals surface area contributed by atoms with E-state index in [-0.39, 0.29) is 11.9 Å². The summed E-state index contributed by atoms with van der Waals surface area (Å²) < 4.78 is 30.8. The third kappa shape index (κ3) is 5.77. The van der Waals surface area contributed by atoms with Gasteiger partial charge in [0.2, 0.25) is 10.0 Å². The minimum atomic E-state index is -3.36. The Hall–Kier alpha value is -2.54. The first-order valence-electron chi connectivity index (χ1n) is 8.23. The molecule has 26 heavy (non-hydrogen) atoms. The fourth-order valence-corrected chi connectivity index (χ4v) is 3.03. The van der Waals surface area contributed by atoms with Gasteiger partial charge in [-0.2, -0.15) is 0 Å².